The first-order valence-electron chi connectivity index (χ1n) is 12.3. The van der Waals surface area contributed by atoms with Gasteiger partial charge in [0.25, 0.3) is 0 Å². The van der Waals surface area contributed by atoms with Crippen LogP contribution in [0.2, 0.25) is 0 Å². The van der Waals surface area contributed by atoms with E-state index in [1.54, 1.807) is 13.3 Å². The summed E-state index contributed by atoms with van der Waals surface area (Å²) in [6.45, 7) is 4.66. The largest absolute Gasteiger partial charge is 0.497 e. The van der Waals surface area contributed by atoms with Crippen molar-refractivity contribution in [1.29, 1.82) is 0 Å². The molecule has 0 saturated carbocycles. The Bertz CT molecular complexity index is 734. The van der Waals surface area contributed by atoms with Gasteiger partial charge in [-0.05, 0) is 49.1 Å². The van der Waals surface area contributed by atoms with Crippen molar-refractivity contribution in [2.75, 3.05) is 25.5 Å². The first-order valence-corrected chi connectivity index (χ1v) is 12.3. The SMILES string of the molecule is CCCCCCCC(=O)N(CCCCCCNc1ccccn1)Cc1ccc(OC)cc1. The van der Waals surface area contributed by atoms with E-state index in [0.29, 0.717) is 13.0 Å². The molecule has 1 N–H and O–H groups in total. The van der Waals surface area contributed by atoms with Crippen LogP contribution in [0.1, 0.15) is 76.7 Å². The number of rotatable bonds is 17. The molecule has 1 aromatic carbocycles. The molecule has 176 valence electrons. The summed E-state index contributed by atoms with van der Waals surface area (Å²) in [5, 5.41) is 3.36. The van der Waals surface area contributed by atoms with Gasteiger partial charge in [-0.3, -0.25) is 4.79 Å². The molecule has 1 heterocycles. The van der Waals surface area contributed by atoms with Crippen LogP contribution in [-0.4, -0.2) is 36.0 Å². The molecule has 0 radical (unpaired) electrons. The molecule has 2 rings (SSSR count). The molecular weight excluding hydrogens is 398 g/mol. The Morgan fingerprint density at radius 2 is 1.69 bits per heavy atom. The van der Waals surface area contributed by atoms with Gasteiger partial charge < -0.3 is 15.0 Å². The number of amides is 1. The number of unbranched alkanes of at least 4 members (excludes halogenated alkanes) is 7. The van der Waals surface area contributed by atoms with Gasteiger partial charge in [-0.15, -0.1) is 0 Å². The van der Waals surface area contributed by atoms with Gasteiger partial charge in [0, 0.05) is 32.3 Å². The average Bonchev–Trinajstić information content (AvgIpc) is 2.83. The molecule has 0 spiro atoms. The molecule has 0 atom stereocenters. The van der Waals surface area contributed by atoms with E-state index >= 15 is 0 Å². The third-order valence-corrected chi connectivity index (χ3v) is 5.71. The van der Waals surface area contributed by atoms with Gasteiger partial charge in [0.15, 0.2) is 0 Å². The molecule has 5 heteroatoms. The zero-order valence-electron chi connectivity index (χ0n) is 20.0. The van der Waals surface area contributed by atoms with Crippen LogP contribution < -0.4 is 10.1 Å². The van der Waals surface area contributed by atoms with Crippen molar-refractivity contribution in [3.05, 3.63) is 54.2 Å². The summed E-state index contributed by atoms with van der Waals surface area (Å²) in [6.07, 6.45) is 12.8. The molecule has 0 unspecified atom stereocenters. The predicted octanol–water partition coefficient (Wildman–Crippen LogP) is 6.45. The molecule has 2 aromatic rings. The molecular formula is C27H41N3O2. The van der Waals surface area contributed by atoms with Crippen LogP contribution in [0.5, 0.6) is 5.75 Å². The van der Waals surface area contributed by atoms with Gasteiger partial charge in [0.1, 0.15) is 11.6 Å². The number of carbonyl (C=O) groups excluding carboxylic acids is 1. The van der Waals surface area contributed by atoms with Gasteiger partial charge >= 0.3 is 0 Å². The summed E-state index contributed by atoms with van der Waals surface area (Å²) < 4.78 is 5.26. The summed E-state index contributed by atoms with van der Waals surface area (Å²) in [4.78, 5) is 19.2. The van der Waals surface area contributed by atoms with E-state index in [9.17, 15) is 4.79 Å². The maximum Gasteiger partial charge on any atom is 0.222 e. The Labute approximate surface area is 194 Å². The van der Waals surface area contributed by atoms with Gasteiger partial charge in [0.05, 0.1) is 7.11 Å². The molecule has 0 aliphatic carbocycles. The maximum absolute atomic E-state index is 12.9. The number of nitrogens with one attached hydrogen (secondary N) is 1. The number of methoxy groups -OCH3 is 1. The van der Waals surface area contributed by atoms with Crippen molar-refractivity contribution < 1.29 is 9.53 Å². The average molecular weight is 440 g/mol. The van der Waals surface area contributed by atoms with Crippen molar-refractivity contribution in [2.24, 2.45) is 0 Å². The van der Waals surface area contributed by atoms with Crippen molar-refractivity contribution >= 4 is 11.7 Å². The fraction of sp³-hybridized carbons (Fsp3) is 0.556. The Kier molecular flexibility index (Phi) is 13.0. The van der Waals surface area contributed by atoms with E-state index in [1.165, 1.54) is 19.3 Å². The number of benzene rings is 1. The highest BCUT2D eigenvalue weighted by Gasteiger charge is 2.13. The number of carbonyl (C=O) groups is 1. The van der Waals surface area contributed by atoms with Crippen LogP contribution in [-0.2, 0) is 11.3 Å². The topological polar surface area (TPSA) is 54.5 Å². The molecule has 0 fully saturated rings. The maximum atomic E-state index is 12.9. The molecule has 32 heavy (non-hydrogen) atoms. The van der Waals surface area contributed by atoms with E-state index < -0.39 is 0 Å². The third kappa shape index (κ3) is 10.7. The fourth-order valence-electron chi connectivity index (χ4n) is 3.75. The van der Waals surface area contributed by atoms with E-state index in [-0.39, 0.29) is 5.91 Å². The summed E-state index contributed by atoms with van der Waals surface area (Å²) >= 11 is 0. The smallest absolute Gasteiger partial charge is 0.222 e. The molecule has 1 aromatic heterocycles. The lowest BCUT2D eigenvalue weighted by Gasteiger charge is -2.23. The van der Waals surface area contributed by atoms with E-state index in [2.05, 4.69) is 29.4 Å². The summed E-state index contributed by atoms with van der Waals surface area (Å²) in [5.74, 6) is 2.07. The number of hydrogen-bond donors (Lipinski definition) is 1. The van der Waals surface area contributed by atoms with E-state index in [1.807, 2.05) is 35.2 Å². The standard InChI is InChI=1S/C27H41N3O2/c1-3-4-5-6-9-15-27(31)30(23-24-16-18-25(32-2)19-17-24)22-13-8-7-11-20-28-26-14-10-12-21-29-26/h10,12,14,16-19,21H,3-9,11,13,15,20,22-23H2,1-2H3,(H,28,29). The fourth-order valence-corrected chi connectivity index (χ4v) is 3.75. The van der Waals surface area contributed by atoms with Gasteiger partial charge in [-0.25, -0.2) is 4.98 Å². The Morgan fingerprint density at radius 3 is 2.41 bits per heavy atom. The zero-order chi connectivity index (χ0) is 22.9. The zero-order valence-corrected chi connectivity index (χ0v) is 20.0. The van der Waals surface area contributed by atoms with Crippen molar-refractivity contribution in [1.82, 2.24) is 9.88 Å². The lowest BCUT2D eigenvalue weighted by Crippen LogP contribution is -2.31. The van der Waals surface area contributed by atoms with Crippen molar-refractivity contribution in [3.8, 4) is 5.75 Å². The van der Waals surface area contributed by atoms with Gasteiger partial charge in [0.2, 0.25) is 5.91 Å². The number of anilines is 1. The molecule has 0 aliphatic heterocycles. The van der Waals surface area contributed by atoms with E-state index in [4.69, 9.17) is 4.74 Å². The summed E-state index contributed by atoms with van der Waals surface area (Å²) in [7, 11) is 1.68. The third-order valence-electron chi connectivity index (χ3n) is 5.71. The first kappa shape index (κ1) is 25.7. The van der Waals surface area contributed by atoms with Crippen molar-refractivity contribution in [2.45, 2.75) is 77.7 Å². The molecule has 5 nitrogen and oxygen atoms in total. The van der Waals surface area contributed by atoms with Crippen LogP contribution >= 0.6 is 0 Å². The Morgan fingerprint density at radius 1 is 0.938 bits per heavy atom. The monoisotopic (exact) mass is 439 g/mol. The van der Waals surface area contributed by atoms with Crippen LogP contribution in [0, 0.1) is 0 Å². The van der Waals surface area contributed by atoms with Gasteiger partial charge in [-0.1, -0.05) is 63.6 Å². The number of ether oxygens (including phenoxy) is 1. The first-order chi connectivity index (χ1) is 15.7. The highest BCUT2D eigenvalue weighted by atomic mass is 16.5. The normalized spacial score (nSPS) is 10.7. The highest BCUT2D eigenvalue weighted by Crippen LogP contribution is 2.16. The highest BCUT2D eigenvalue weighted by molar-refractivity contribution is 5.76. The lowest BCUT2D eigenvalue weighted by atomic mass is 10.1. The summed E-state index contributed by atoms with van der Waals surface area (Å²) in [6, 6.07) is 14.0. The minimum absolute atomic E-state index is 0.286. The minimum Gasteiger partial charge on any atom is -0.497 e. The van der Waals surface area contributed by atoms with Crippen LogP contribution in [0.3, 0.4) is 0 Å². The number of nitrogens with zero attached hydrogens (tertiary/aromatic N) is 2. The summed E-state index contributed by atoms with van der Waals surface area (Å²) in [5.41, 5.74) is 1.16. The van der Waals surface area contributed by atoms with Crippen LogP contribution in [0.4, 0.5) is 5.82 Å². The second-order valence-corrected chi connectivity index (χ2v) is 8.38. The van der Waals surface area contributed by atoms with E-state index in [0.717, 1.165) is 68.7 Å². The lowest BCUT2D eigenvalue weighted by molar-refractivity contribution is -0.132. The molecule has 0 bridgehead atoms. The van der Waals surface area contributed by atoms with Crippen LogP contribution in [0.25, 0.3) is 0 Å². The minimum atomic E-state index is 0.286. The van der Waals surface area contributed by atoms with Gasteiger partial charge in [-0.2, -0.15) is 0 Å². The van der Waals surface area contributed by atoms with Crippen molar-refractivity contribution in [3.63, 3.8) is 0 Å². The Hall–Kier alpha value is -2.56. The predicted molar refractivity (Wildman–Crippen MR) is 133 cm³/mol. The number of pyridine rings is 1. The van der Waals surface area contributed by atoms with Crippen LogP contribution in [0.15, 0.2) is 48.7 Å². The Balaban J connectivity index is 1.73. The quantitative estimate of drug-likeness (QED) is 0.288. The molecule has 1 amide bonds. The molecule has 0 aliphatic rings. The molecule has 0 saturated heterocycles. The second-order valence-electron chi connectivity index (χ2n) is 8.38. The second kappa shape index (κ2) is 16.1. The number of aromatic nitrogens is 1. The number of hydrogen-bond acceptors (Lipinski definition) is 4.